The molecule has 1 aliphatic rings. The van der Waals surface area contributed by atoms with Gasteiger partial charge in [0.25, 0.3) is 5.89 Å². The van der Waals surface area contributed by atoms with Crippen molar-refractivity contribution in [3.63, 3.8) is 0 Å². The lowest BCUT2D eigenvalue weighted by atomic mass is 10.1. The summed E-state index contributed by atoms with van der Waals surface area (Å²) in [4.78, 5) is 11.2. The number of morpholine rings is 1. The highest BCUT2D eigenvalue weighted by Gasteiger charge is 2.16. The molecule has 7 heteroatoms. The molecule has 1 aromatic carbocycles. The molecular formula is C18H21N5O2. The Morgan fingerprint density at radius 1 is 1.20 bits per heavy atom. The number of rotatable bonds is 4. The average Bonchev–Trinajstić information content (AvgIpc) is 3.24. The Labute approximate surface area is 146 Å². The van der Waals surface area contributed by atoms with Crippen LogP contribution in [0.15, 0.2) is 35.0 Å². The van der Waals surface area contributed by atoms with Crippen LogP contribution in [0.3, 0.4) is 0 Å². The second-order valence-electron chi connectivity index (χ2n) is 6.26. The molecule has 0 atom stereocenters. The molecule has 2 aromatic heterocycles. The Hall–Kier alpha value is -2.51. The van der Waals surface area contributed by atoms with Crippen LogP contribution in [0.4, 0.5) is 0 Å². The van der Waals surface area contributed by atoms with Gasteiger partial charge in [-0.2, -0.15) is 4.98 Å². The van der Waals surface area contributed by atoms with Gasteiger partial charge in [-0.1, -0.05) is 23.4 Å². The Bertz CT molecular complexity index is 864. The van der Waals surface area contributed by atoms with Crippen LogP contribution < -0.4 is 0 Å². The first-order valence-corrected chi connectivity index (χ1v) is 8.42. The van der Waals surface area contributed by atoms with Crippen molar-refractivity contribution in [2.24, 2.45) is 7.05 Å². The molecule has 0 bridgehead atoms. The fourth-order valence-electron chi connectivity index (χ4n) is 2.97. The summed E-state index contributed by atoms with van der Waals surface area (Å²) in [6.07, 6.45) is 1.75. The van der Waals surface area contributed by atoms with Crippen molar-refractivity contribution in [1.29, 1.82) is 0 Å². The van der Waals surface area contributed by atoms with Crippen molar-refractivity contribution in [2.75, 3.05) is 26.3 Å². The molecule has 3 heterocycles. The van der Waals surface area contributed by atoms with Crippen molar-refractivity contribution < 1.29 is 9.26 Å². The first-order chi connectivity index (χ1) is 12.2. The molecule has 7 nitrogen and oxygen atoms in total. The van der Waals surface area contributed by atoms with Crippen molar-refractivity contribution >= 4 is 0 Å². The molecule has 0 aliphatic carbocycles. The van der Waals surface area contributed by atoms with Crippen LogP contribution in [-0.2, 0) is 18.3 Å². The smallest absolute Gasteiger partial charge is 0.276 e. The minimum Gasteiger partial charge on any atom is -0.379 e. The highest BCUT2D eigenvalue weighted by Crippen LogP contribution is 2.23. The molecule has 25 heavy (non-hydrogen) atoms. The number of imidazole rings is 1. The molecule has 1 fully saturated rings. The van der Waals surface area contributed by atoms with E-state index in [9.17, 15) is 0 Å². The third-order valence-electron chi connectivity index (χ3n) is 4.56. The Morgan fingerprint density at radius 3 is 2.80 bits per heavy atom. The molecule has 0 spiro atoms. The number of aryl methyl sites for hydroxylation is 1. The van der Waals surface area contributed by atoms with Crippen molar-refractivity contribution in [3.05, 3.63) is 41.9 Å². The van der Waals surface area contributed by atoms with Crippen LogP contribution in [0.2, 0.25) is 0 Å². The average molecular weight is 339 g/mol. The van der Waals surface area contributed by atoms with E-state index >= 15 is 0 Å². The van der Waals surface area contributed by atoms with E-state index in [4.69, 9.17) is 9.26 Å². The van der Waals surface area contributed by atoms with Gasteiger partial charge in [0.05, 0.1) is 19.4 Å². The van der Waals surface area contributed by atoms with E-state index in [0.717, 1.165) is 49.9 Å². The van der Waals surface area contributed by atoms with E-state index in [0.29, 0.717) is 11.7 Å². The maximum atomic E-state index is 5.44. The fourth-order valence-corrected chi connectivity index (χ4v) is 2.97. The first-order valence-electron chi connectivity index (χ1n) is 8.42. The van der Waals surface area contributed by atoms with Gasteiger partial charge in [0.1, 0.15) is 11.5 Å². The maximum absolute atomic E-state index is 5.44. The normalized spacial score (nSPS) is 15.6. The number of hydrogen-bond acceptors (Lipinski definition) is 6. The van der Waals surface area contributed by atoms with Crippen LogP contribution in [-0.4, -0.2) is 50.9 Å². The van der Waals surface area contributed by atoms with Gasteiger partial charge < -0.3 is 13.8 Å². The van der Waals surface area contributed by atoms with Crippen LogP contribution >= 0.6 is 0 Å². The lowest BCUT2D eigenvalue weighted by molar-refractivity contribution is 0.0342. The van der Waals surface area contributed by atoms with Crippen molar-refractivity contribution in [2.45, 2.75) is 13.5 Å². The topological polar surface area (TPSA) is 69.2 Å². The maximum Gasteiger partial charge on any atom is 0.276 e. The highest BCUT2D eigenvalue weighted by atomic mass is 16.5. The number of aromatic nitrogens is 4. The van der Waals surface area contributed by atoms with Crippen LogP contribution in [0.5, 0.6) is 0 Å². The fraction of sp³-hybridized carbons (Fsp3) is 0.389. The zero-order valence-corrected chi connectivity index (χ0v) is 14.5. The van der Waals surface area contributed by atoms with E-state index in [1.54, 1.807) is 6.20 Å². The third-order valence-corrected chi connectivity index (χ3v) is 4.56. The molecule has 1 aliphatic heterocycles. The van der Waals surface area contributed by atoms with Gasteiger partial charge in [0.2, 0.25) is 5.82 Å². The summed E-state index contributed by atoms with van der Waals surface area (Å²) in [7, 11) is 1.94. The minimum absolute atomic E-state index is 0.483. The van der Waals surface area contributed by atoms with Gasteiger partial charge in [0.15, 0.2) is 0 Å². The molecule has 0 N–H and O–H groups in total. The van der Waals surface area contributed by atoms with Crippen molar-refractivity contribution in [1.82, 2.24) is 24.6 Å². The predicted octanol–water partition coefficient (Wildman–Crippen LogP) is 2.28. The molecule has 4 rings (SSSR count). The Morgan fingerprint density at radius 2 is 2.04 bits per heavy atom. The SMILES string of the molecule is Cc1ncc(-c2nc(-c3cccc(CN4CCOCC4)c3)no2)n1C. The summed E-state index contributed by atoms with van der Waals surface area (Å²) >= 11 is 0. The zero-order valence-electron chi connectivity index (χ0n) is 14.5. The van der Waals surface area contributed by atoms with Crippen molar-refractivity contribution in [3.8, 4) is 23.0 Å². The molecule has 1 saturated heterocycles. The van der Waals surface area contributed by atoms with E-state index in [1.165, 1.54) is 5.56 Å². The van der Waals surface area contributed by atoms with Gasteiger partial charge in [-0.3, -0.25) is 4.90 Å². The van der Waals surface area contributed by atoms with Crippen LogP contribution in [0.25, 0.3) is 23.0 Å². The number of nitrogens with zero attached hydrogens (tertiary/aromatic N) is 5. The predicted molar refractivity (Wildman–Crippen MR) is 92.8 cm³/mol. The Balaban J connectivity index is 1.56. The van der Waals surface area contributed by atoms with E-state index in [1.807, 2.05) is 30.7 Å². The zero-order chi connectivity index (χ0) is 17.2. The van der Waals surface area contributed by atoms with E-state index in [2.05, 4.69) is 32.2 Å². The molecule has 0 amide bonds. The van der Waals surface area contributed by atoms with Gasteiger partial charge in [-0.15, -0.1) is 0 Å². The molecule has 130 valence electrons. The third kappa shape index (κ3) is 3.33. The summed E-state index contributed by atoms with van der Waals surface area (Å²) in [5, 5.41) is 4.14. The monoisotopic (exact) mass is 339 g/mol. The largest absolute Gasteiger partial charge is 0.379 e. The molecule has 3 aromatic rings. The second-order valence-corrected chi connectivity index (χ2v) is 6.26. The molecule has 0 saturated carbocycles. The summed E-state index contributed by atoms with van der Waals surface area (Å²) < 4.78 is 12.8. The minimum atomic E-state index is 0.483. The second kappa shape index (κ2) is 6.78. The van der Waals surface area contributed by atoms with Crippen LogP contribution in [0.1, 0.15) is 11.4 Å². The highest BCUT2D eigenvalue weighted by molar-refractivity contribution is 5.58. The Kier molecular flexibility index (Phi) is 4.33. The van der Waals surface area contributed by atoms with E-state index < -0.39 is 0 Å². The number of ether oxygens (including phenoxy) is 1. The van der Waals surface area contributed by atoms with Gasteiger partial charge in [-0.05, 0) is 18.6 Å². The van der Waals surface area contributed by atoms with Gasteiger partial charge >= 0.3 is 0 Å². The van der Waals surface area contributed by atoms with Gasteiger partial charge in [0, 0.05) is 32.2 Å². The summed E-state index contributed by atoms with van der Waals surface area (Å²) in [5.74, 6) is 1.98. The lowest BCUT2D eigenvalue weighted by Gasteiger charge is -2.26. The number of hydrogen-bond donors (Lipinski definition) is 0. The quantitative estimate of drug-likeness (QED) is 0.726. The summed E-state index contributed by atoms with van der Waals surface area (Å²) in [6, 6.07) is 8.30. The standard InChI is InChI=1S/C18H21N5O2/c1-13-19-11-16(22(13)2)18-20-17(21-25-18)15-5-3-4-14(10-15)12-23-6-8-24-9-7-23/h3-5,10-11H,6-9,12H2,1-2H3. The van der Waals surface area contributed by atoms with Gasteiger partial charge in [-0.25, -0.2) is 4.98 Å². The van der Waals surface area contributed by atoms with Crippen LogP contribution in [0, 0.1) is 6.92 Å². The molecule has 0 unspecified atom stereocenters. The summed E-state index contributed by atoms with van der Waals surface area (Å²) in [5.41, 5.74) is 3.02. The van der Waals surface area contributed by atoms with E-state index in [-0.39, 0.29) is 0 Å². The lowest BCUT2D eigenvalue weighted by Crippen LogP contribution is -2.35. The first kappa shape index (κ1) is 16.0. The molecular weight excluding hydrogens is 318 g/mol. The summed E-state index contributed by atoms with van der Waals surface area (Å²) in [6.45, 7) is 6.39. The number of benzene rings is 1. The molecule has 0 radical (unpaired) electrons.